The summed E-state index contributed by atoms with van der Waals surface area (Å²) < 4.78 is 0. The third kappa shape index (κ3) is 1.05. The molecule has 0 amide bonds. The Labute approximate surface area is 68.9 Å². The number of hydrogen-bond donors (Lipinski definition) is 1. The lowest BCUT2D eigenvalue weighted by Crippen LogP contribution is -1.96. The summed E-state index contributed by atoms with van der Waals surface area (Å²) in [7, 11) is 1.78. The van der Waals surface area contributed by atoms with Crippen molar-refractivity contribution in [1.82, 2.24) is 20.2 Å². The first kappa shape index (κ1) is 6.90. The van der Waals surface area contributed by atoms with Crippen LogP contribution in [0.5, 0.6) is 0 Å². The summed E-state index contributed by atoms with van der Waals surface area (Å²) in [4.78, 5) is 8.08. The number of rotatable bonds is 1. The van der Waals surface area contributed by atoms with Gasteiger partial charge in [0, 0.05) is 25.5 Å². The topological polar surface area (TPSA) is 63.6 Å². The van der Waals surface area contributed by atoms with Gasteiger partial charge in [0.2, 0.25) is 5.65 Å². The molecule has 0 aliphatic rings. The van der Waals surface area contributed by atoms with Gasteiger partial charge in [-0.15, -0.1) is 10.2 Å². The zero-order valence-electron chi connectivity index (χ0n) is 6.52. The predicted molar refractivity (Wildman–Crippen MR) is 44.7 cm³/mol. The second-order valence-corrected chi connectivity index (χ2v) is 2.24. The van der Waals surface area contributed by atoms with Crippen molar-refractivity contribution in [3.63, 3.8) is 0 Å². The smallest absolute Gasteiger partial charge is 0.200 e. The van der Waals surface area contributed by atoms with Crippen LogP contribution >= 0.6 is 0 Å². The highest BCUT2D eigenvalue weighted by Crippen LogP contribution is 2.07. The minimum absolute atomic E-state index is 0.566. The molecule has 0 bridgehead atoms. The zero-order valence-corrected chi connectivity index (χ0v) is 6.52. The monoisotopic (exact) mass is 161 g/mol. The average molecular weight is 161 g/mol. The Kier molecular flexibility index (Phi) is 1.55. The highest BCUT2D eigenvalue weighted by atomic mass is 15.2. The minimum atomic E-state index is 0.566. The van der Waals surface area contributed by atoms with Crippen LogP contribution in [0.4, 0.5) is 5.82 Å². The summed E-state index contributed by atoms with van der Waals surface area (Å²) in [5, 5.41) is 10.6. The molecule has 0 aliphatic heterocycles. The fourth-order valence-corrected chi connectivity index (χ4v) is 0.902. The van der Waals surface area contributed by atoms with Gasteiger partial charge in [-0.1, -0.05) is 0 Å². The first-order chi connectivity index (χ1) is 5.90. The number of anilines is 1. The number of nitrogens with one attached hydrogen (secondary N) is 1. The molecule has 2 rings (SSSR count). The molecule has 2 aromatic heterocycles. The van der Waals surface area contributed by atoms with Crippen molar-refractivity contribution in [2.24, 2.45) is 0 Å². The molecule has 2 heterocycles. The molecule has 1 N–H and O–H groups in total. The van der Waals surface area contributed by atoms with Gasteiger partial charge in [0.1, 0.15) is 5.52 Å². The zero-order chi connectivity index (χ0) is 8.39. The molecule has 0 atom stereocenters. The molecule has 0 aliphatic carbocycles. The maximum atomic E-state index is 4.08. The van der Waals surface area contributed by atoms with Crippen molar-refractivity contribution < 1.29 is 0 Å². The van der Waals surface area contributed by atoms with E-state index in [9.17, 15) is 0 Å². The second kappa shape index (κ2) is 2.69. The van der Waals surface area contributed by atoms with Crippen LogP contribution in [0, 0.1) is 0 Å². The molecule has 0 saturated heterocycles. The third-order valence-electron chi connectivity index (χ3n) is 1.49. The normalized spacial score (nSPS) is 10.1. The molecule has 2 aromatic rings. The van der Waals surface area contributed by atoms with E-state index in [1.54, 1.807) is 25.5 Å². The Hall–Kier alpha value is -1.78. The van der Waals surface area contributed by atoms with Crippen LogP contribution in [-0.2, 0) is 0 Å². The first-order valence-corrected chi connectivity index (χ1v) is 3.52. The number of fused-ring (bicyclic) bond motifs is 1. The van der Waals surface area contributed by atoms with E-state index in [0.29, 0.717) is 11.5 Å². The summed E-state index contributed by atoms with van der Waals surface area (Å²) in [6.07, 6.45) is 3.22. The Bertz CT molecular complexity index is 400. The molecular weight excluding hydrogens is 154 g/mol. The van der Waals surface area contributed by atoms with Gasteiger partial charge in [-0.2, -0.15) is 0 Å². The predicted octanol–water partition coefficient (Wildman–Crippen LogP) is 0.461. The van der Waals surface area contributed by atoms with Crippen LogP contribution < -0.4 is 5.32 Å². The van der Waals surface area contributed by atoms with Crippen molar-refractivity contribution in [3.05, 3.63) is 18.5 Å². The van der Waals surface area contributed by atoms with Gasteiger partial charge < -0.3 is 5.32 Å². The van der Waals surface area contributed by atoms with Gasteiger partial charge in [0.25, 0.3) is 0 Å². The maximum Gasteiger partial charge on any atom is 0.200 e. The highest BCUT2D eigenvalue weighted by Gasteiger charge is 1.97. The summed E-state index contributed by atoms with van der Waals surface area (Å²) in [5.74, 6) is 0.697. The molecule has 0 fully saturated rings. The Balaban J connectivity index is 2.67. The molecular formula is C7H7N5. The molecule has 12 heavy (non-hydrogen) atoms. The van der Waals surface area contributed by atoms with Crippen LogP contribution in [0.1, 0.15) is 0 Å². The fraction of sp³-hybridized carbons (Fsp3) is 0.143. The van der Waals surface area contributed by atoms with E-state index in [4.69, 9.17) is 0 Å². The van der Waals surface area contributed by atoms with Crippen molar-refractivity contribution in [1.29, 1.82) is 0 Å². The van der Waals surface area contributed by atoms with Crippen LogP contribution in [0.25, 0.3) is 11.2 Å². The molecule has 0 aromatic carbocycles. The average Bonchev–Trinajstić information content (AvgIpc) is 2.17. The maximum absolute atomic E-state index is 4.08. The van der Waals surface area contributed by atoms with Crippen LogP contribution in [-0.4, -0.2) is 27.2 Å². The van der Waals surface area contributed by atoms with E-state index in [-0.39, 0.29) is 0 Å². The molecule has 5 nitrogen and oxygen atoms in total. The summed E-state index contributed by atoms with van der Waals surface area (Å²) >= 11 is 0. The van der Waals surface area contributed by atoms with Crippen molar-refractivity contribution in [2.75, 3.05) is 12.4 Å². The Morgan fingerprint density at radius 3 is 2.83 bits per heavy atom. The quantitative estimate of drug-likeness (QED) is 0.658. The van der Waals surface area contributed by atoms with E-state index in [2.05, 4.69) is 25.5 Å². The van der Waals surface area contributed by atoms with Gasteiger partial charge in [-0.3, -0.25) is 4.98 Å². The van der Waals surface area contributed by atoms with Crippen molar-refractivity contribution in [3.8, 4) is 0 Å². The second-order valence-electron chi connectivity index (χ2n) is 2.24. The lowest BCUT2D eigenvalue weighted by molar-refractivity contribution is 1.04. The lowest BCUT2D eigenvalue weighted by atomic mass is 10.4. The van der Waals surface area contributed by atoms with Gasteiger partial charge in [-0.25, -0.2) is 4.98 Å². The van der Waals surface area contributed by atoms with Crippen LogP contribution in [0.2, 0.25) is 0 Å². The molecule has 0 spiro atoms. The third-order valence-corrected chi connectivity index (χ3v) is 1.49. The molecule has 0 radical (unpaired) electrons. The number of aromatic nitrogens is 4. The fourth-order valence-electron chi connectivity index (χ4n) is 0.902. The highest BCUT2D eigenvalue weighted by molar-refractivity contribution is 5.71. The van der Waals surface area contributed by atoms with Crippen molar-refractivity contribution in [2.45, 2.75) is 0 Å². The number of hydrogen-bond acceptors (Lipinski definition) is 5. The van der Waals surface area contributed by atoms with Gasteiger partial charge in [0.05, 0.1) is 0 Å². The minimum Gasteiger partial charge on any atom is -0.372 e. The molecule has 60 valence electrons. The Morgan fingerprint density at radius 2 is 2.00 bits per heavy atom. The van der Waals surface area contributed by atoms with E-state index in [1.807, 2.05) is 0 Å². The van der Waals surface area contributed by atoms with Gasteiger partial charge in [-0.05, 0) is 0 Å². The standard InChI is InChI=1S/C7H7N5/c1-8-6-4-5-7(12-11-6)10-3-2-9-5/h2-4H,1H3,(H,8,11). The van der Waals surface area contributed by atoms with Crippen LogP contribution in [0.3, 0.4) is 0 Å². The van der Waals surface area contributed by atoms with Crippen LogP contribution in [0.15, 0.2) is 18.5 Å². The molecule has 5 heteroatoms. The van der Waals surface area contributed by atoms with E-state index < -0.39 is 0 Å². The largest absolute Gasteiger partial charge is 0.372 e. The number of nitrogens with zero attached hydrogens (tertiary/aromatic N) is 4. The first-order valence-electron chi connectivity index (χ1n) is 3.52. The van der Waals surface area contributed by atoms with E-state index in [1.165, 1.54) is 0 Å². The summed E-state index contributed by atoms with van der Waals surface area (Å²) in [6.45, 7) is 0. The lowest BCUT2D eigenvalue weighted by Gasteiger charge is -1.97. The van der Waals surface area contributed by atoms with Gasteiger partial charge >= 0.3 is 0 Å². The summed E-state index contributed by atoms with van der Waals surface area (Å²) in [5.41, 5.74) is 1.31. The van der Waals surface area contributed by atoms with Crippen molar-refractivity contribution >= 4 is 17.0 Å². The summed E-state index contributed by atoms with van der Waals surface area (Å²) in [6, 6.07) is 1.80. The molecule has 0 saturated carbocycles. The van der Waals surface area contributed by atoms with Gasteiger partial charge in [0.15, 0.2) is 5.82 Å². The van der Waals surface area contributed by atoms with E-state index >= 15 is 0 Å². The molecule has 0 unspecified atom stereocenters. The SMILES string of the molecule is CNc1cc2nccnc2nn1. The Morgan fingerprint density at radius 1 is 1.17 bits per heavy atom. The van der Waals surface area contributed by atoms with E-state index in [0.717, 1.165) is 5.52 Å².